The number of furan rings is 1. The first-order valence-corrected chi connectivity index (χ1v) is 6.99. The number of amides is 2. The van der Waals surface area contributed by atoms with Crippen LogP contribution >= 0.6 is 0 Å². The van der Waals surface area contributed by atoms with Crippen LogP contribution in [0.2, 0.25) is 0 Å². The van der Waals surface area contributed by atoms with Gasteiger partial charge >= 0.3 is 0 Å². The Morgan fingerprint density at radius 1 is 1.05 bits per heavy atom. The number of anilines is 1. The third kappa shape index (κ3) is 2.78. The van der Waals surface area contributed by atoms with Crippen LogP contribution in [0.3, 0.4) is 0 Å². The molecule has 0 radical (unpaired) electrons. The highest BCUT2D eigenvalue weighted by molar-refractivity contribution is 5.95. The summed E-state index contributed by atoms with van der Waals surface area (Å²) in [6.07, 6.45) is 2.94. The van der Waals surface area contributed by atoms with E-state index in [4.69, 9.17) is 10.2 Å². The van der Waals surface area contributed by atoms with Crippen LogP contribution < -0.4 is 5.73 Å². The molecular formula is C15H16N4O3. The summed E-state index contributed by atoms with van der Waals surface area (Å²) in [7, 11) is 0. The quantitative estimate of drug-likeness (QED) is 0.887. The fourth-order valence-electron chi connectivity index (χ4n) is 2.38. The highest BCUT2D eigenvalue weighted by Crippen LogP contribution is 2.12. The van der Waals surface area contributed by atoms with Crippen molar-refractivity contribution in [3.8, 4) is 0 Å². The van der Waals surface area contributed by atoms with Crippen molar-refractivity contribution < 1.29 is 14.0 Å². The van der Waals surface area contributed by atoms with Crippen LogP contribution in [0.5, 0.6) is 0 Å². The van der Waals surface area contributed by atoms with Gasteiger partial charge in [-0.25, -0.2) is 4.98 Å². The third-order valence-electron chi connectivity index (χ3n) is 3.62. The highest BCUT2D eigenvalue weighted by Gasteiger charge is 2.26. The number of nitrogens with two attached hydrogens (primary N) is 1. The van der Waals surface area contributed by atoms with E-state index >= 15 is 0 Å². The smallest absolute Gasteiger partial charge is 0.289 e. The largest absolute Gasteiger partial charge is 0.459 e. The Bertz CT molecular complexity index is 659. The van der Waals surface area contributed by atoms with Gasteiger partial charge in [-0.15, -0.1) is 0 Å². The van der Waals surface area contributed by atoms with Gasteiger partial charge in [0.05, 0.1) is 11.8 Å². The minimum atomic E-state index is -0.147. The maximum Gasteiger partial charge on any atom is 0.289 e. The van der Waals surface area contributed by atoms with E-state index in [2.05, 4.69) is 4.98 Å². The highest BCUT2D eigenvalue weighted by atomic mass is 16.3. The van der Waals surface area contributed by atoms with Crippen LogP contribution in [0.4, 0.5) is 5.82 Å². The van der Waals surface area contributed by atoms with E-state index in [0.717, 1.165) is 0 Å². The van der Waals surface area contributed by atoms with Gasteiger partial charge in [-0.3, -0.25) is 9.59 Å². The summed E-state index contributed by atoms with van der Waals surface area (Å²) in [5.74, 6) is 0.455. The summed E-state index contributed by atoms with van der Waals surface area (Å²) in [4.78, 5) is 31.8. The molecule has 0 aliphatic carbocycles. The molecule has 0 saturated carbocycles. The first kappa shape index (κ1) is 14.1. The first-order valence-electron chi connectivity index (χ1n) is 6.99. The fraction of sp³-hybridized carbons (Fsp3) is 0.267. The molecule has 22 heavy (non-hydrogen) atoms. The van der Waals surface area contributed by atoms with Crippen molar-refractivity contribution >= 4 is 17.6 Å². The number of hydrogen-bond donors (Lipinski definition) is 1. The molecule has 1 fully saturated rings. The van der Waals surface area contributed by atoms with Gasteiger partial charge in [0.25, 0.3) is 11.8 Å². The number of piperazine rings is 1. The topological polar surface area (TPSA) is 92.7 Å². The lowest BCUT2D eigenvalue weighted by molar-refractivity contribution is 0.0518. The summed E-state index contributed by atoms with van der Waals surface area (Å²) in [5.41, 5.74) is 6.01. The summed E-state index contributed by atoms with van der Waals surface area (Å²) in [6.45, 7) is 1.92. The monoisotopic (exact) mass is 300 g/mol. The molecule has 3 heterocycles. The zero-order chi connectivity index (χ0) is 15.5. The summed E-state index contributed by atoms with van der Waals surface area (Å²) in [6, 6.07) is 6.58. The predicted molar refractivity (Wildman–Crippen MR) is 79.2 cm³/mol. The number of nitrogen functional groups attached to an aromatic ring is 1. The lowest BCUT2D eigenvalue weighted by Crippen LogP contribution is -2.50. The molecule has 0 bridgehead atoms. The van der Waals surface area contributed by atoms with Crippen molar-refractivity contribution in [2.24, 2.45) is 0 Å². The SMILES string of the molecule is Nc1ccc(C(=O)N2CCN(C(=O)c3ccco3)CC2)cn1. The normalized spacial score (nSPS) is 14.9. The molecule has 114 valence electrons. The molecule has 1 saturated heterocycles. The molecule has 0 spiro atoms. The number of aromatic nitrogens is 1. The maximum absolute atomic E-state index is 12.3. The molecule has 1 aliphatic rings. The van der Waals surface area contributed by atoms with E-state index in [1.54, 1.807) is 34.1 Å². The second-order valence-corrected chi connectivity index (χ2v) is 5.03. The number of hydrogen-bond acceptors (Lipinski definition) is 5. The van der Waals surface area contributed by atoms with Crippen LogP contribution in [-0.2, 0) is 0 Å². The van der Waals surface area contributed by atoms with Gasteiger partial charge in [-0.2, -0.15) is 0 Å². The van der Waals surface area contributed by atoms with Crippen LogP contribution in [0.25, 0.3) is 0 Å². The van der Waals surface area contributed by atoms with Crippen molar-refractivity contribution in [1.29, 1.82) is 0 Å². The number of carbonyl (C=O) groups is 2. The Kier molecular flexibility index (Phi) is 3.78. The summed E-state index contributed by atoms with van der Waals surface area (Å²) in [5, 5.41) is 0. The van der Waals surface area contributed by atoms with Crippen LogP contribution in [0.1, 0.15) is 20.9 Å². The molecule has 0 atom stereocenters. The Labute approximate surface area is 127 Å². The lowest BCUT2D eigenvalue weighted by Gasteiger charge is -2.34. The van der Waals surface area contributed by atoms with Gasteiger partial charge in [-0.1, -0.05) is 0 Å². The van der Waals surface area contributed by atoms with Gasteiger partial charge in [0.15, 0.2) is 5.76 Å². The molecule has 0 aromatic carbocycles. The molecule has 0 unspecified atom stereocenters. The fourth-order valence-corrected chi connectivity index (χ4v) is 2.38. The summed E-state index contributed by atoms with van der Waals surface area (Å²) < 4.78 is 5.11. The van der Waals surface area contributed by atoms with E-state index in [1.165, 1.54) is 12.5 Å². The van der Waals surface area contributed by atoms with Gasteiger partial charge in [0.2, 0.25) is 0 Å². The molecule has 1 aliphatic heterocycles. The van der Waals surface area contributed by atoms with Crippen LogP contribution in [-0.4, -0.2) is 52.8 Å². The Morgan fingerprint density at radius 3 is 2.27 bits per heavy atom. The average Bonchev–Trinajstić information content (AvgIpc) is 3.09. The second-order valence-electron chi connectivity index (χ2n) is 5.03. The van der Waals surface area contributed by atoms with E-state index in [1.807, 2.05) is 0 Å². The Morgan fingerprint density at radius 2 is 1.73 bits per heavy atom. The van der Waals surface area contributed by atoms with Gasteiger partial charge < -0.3 is 20.0 Å². The van der Waals surface area contributed by atoms with E-state index in [9.17, 15) is 9.59 Å². The zero-order valence-electron chi connectivity index (χ0n) is 11.9. The maximum atomic E-state index is 12.3. The molecule has 7 nitrogen and oxygen atoms in total. The molecule has 2 amide bonds. The van der Waals surface area contributed by atoms with E-state index in [-0.39, 0.29) is 11.8 Å². The number of nitrogens with zero attached hydrogens (tertiary/aromatic N) is 3. The third-order valence-corrected chi connectivity index (χ3v) is 3.62. The van der Waals surface area contributed by atoms with Crippen molar-refractivity contribution in [2.75, 3.05) is 31.9 Å². The number of carbonyl (C=O) groups excluding carboxylic acids is 2. The molecule has 2 N–H and O–H groups in total. The lowest BCUT2D eigenvalue weighted by atomic mass is 10.2. The number of rotatable bonds is 2. The first-order chi connectivity index (χ1) is 10.6. The van der Waals surface area contributed by atoms with Gasteiger partial charge in [-0.05, 0) is 24.3 Å². The van der Waals surface area contributed by atoms with Gasteiger partial charge in [0, 0.05) is 32.4 Å². The minimum Gasteiger partial charge on any atom is -0.459 e. The average molecular weight is 300 g/mol. The summed E-state index contributed by atoms with van der Waals surface area (Å²) >= 11 is 0. The van der Waals surface area contributed by atoms with Crippen molar-refractivity contribution in [1.82, 2.24) is 14.8 Å². The van der Waals surface area contributed by atoms with Crippen LogP contribution in [0, 0.1) is 0 Å². The standard InChI is InChI=1S/C15H16N4O3/c16-13-4-3-11(10-17-13)14(20)18-5-7-19(8-6-18)15(21)12-2-1-9-22-12/h1-4,9-10H,5-8H2,(H2,16,17). The molecular weight excluding hydrogens is 284 g/mol. The van der Waals surface area contributed by atoms with Gasteiger partial charge in [0.1, 0.15) is 5.82 Å². The predicted octanol–water partition coefficient (Wildman–Crippen LogP) is 0.855. The Balaban J connectivity index is 1.60. The molecule has 2 aromatic rings. The second kappa shape index (κ2) is 5.88. The van der Waals surface area contributed by atoms with Crippen molar-refractivity contribution in [3.63, 3.8) is 0 Å². The molecule has 7 heteroatoms. The van der Waals surface area contributed by atoms with Crippen molar-refractivity contribution in [2.45, 2.75) is 0 Å². The molecule has 2 aromatic heterocycles. The van der Waals surface area contributed by atoms with E-state index in [0.29, 0.717) is 43.3 Å². The van der Waals surface area contributed by atoms with Crippen LogP contribution in [0.15, 0.2) is 41.1 Å². The van der Waals surface area contributed by atoms with Crippen molar-refractivity contribution in [3.05, 3.63) is 48.0 Å². The number of pyridine rings is 1. The van der Waals surface area contributed by atoms with E-state index < -0.39 is 0 Å². The zero-order valence-corrected chi connectivity index (χ0v) is 11.9. The minimum absolute atomic E-state index is 0.0994. The molecule has 3 rings (SSSR count). The Hall–Kier alpha value is -2.83.